The third kappa shape index (κ3) is 1.70. The van der Waals surface area contributed by atoms with E-state index in [-0.39, 0.29) is 5.56 Å². The molecule has 0 spiro atoms. The molecule has 15 heavy (non-hydrogen) atoms. The van der Waals surface area contributed by atoms with Crippen LogP contribution in [0.25, 0.3) is 10.4 Å². The van der Waals surface area contributed by atoms with Gasteiger partial charge >= 0.3 is 0 Å². The summed E-state index contributed by atoms with van der Waals surface area (Å²) in [4.78, 5) is 4.43. The highest BCUT2D eigenvalue weighted by atomic mass is 32.1. The van der Waals surface area contributed by atoms with Crippen molar-refractivity contribution in [2.45, 2.75) is 6.92 Å². The maximum Gasteiger partial charge on any atom is 0.180 e. The zero-order valence-corrected chi connectivity index (χ0v) is 8.74. The highest BCUT2D eigenvalue weighted by Gasteiger charge is 2.13. The molecule has 0 saturated carbocycles. The van der Waals surface area contributed by atoms with E-state index in [0.29, 0.717) is 15.6 Å². The number of nitrogens with two attached hydrogens (primary N) is 1. The second-order valence-corrected chi connectivity index (χ2v) is 4.16. The largest absolute Gasteiger partial charge is 0.375 e. The van der Waals surface area contributed by atoms with E-state index in [4.69, 9.17) is 5.73 Å². The zero-order valence-electron chi connectivity index (χ0n) is 7.92. The number of anilines is 1. The van der Waals surface area contributed by atoms with Crippen molar-refractivity contribution in [1.82, 2.24) is 4.98 Å². The van der Waals surface area contributed by atoms with Crippen molar-refractivity contribution in [3.8, 4) is 10.4 Å². The summed E-state index contributed by atoms with van der Waals surface area (Å²) in [5.41, 5.74) is 5.79. The van der Waals surface area contributed by atoms with Gasteiger partial charge in [-0.25, -0.2) is 13.8 Å². The third-order valence-corrected chi connectivity index (χ3v) is 2.97. The van der Waals surface area contributed by atoms with Gasteiger partial charge in [0, 0.05) is 17.3 Å². The van der Waals surface area contributed by atoms with E-state index >= 15 is 0 Å². The summed E-state index contributed by atoms with van der Waals surface area (Å²) in [6.45, 7) is 1.40. The Bertz CT molecular complexity index is 508. The number of hydrogen-bond donors (Lipinski definition) is 1. The van der Waals surface area contributed by atoms with Gasteiger partial charge in [-0.1, -0.05) is 11.3 Å². The van der Waals surface area contributed by atoms with E-state index < -0.39 is 11.6 Å². The monoisotopic (exact) mass is 226 g/mol. The van der Waals surface area contributed by atoms with Crippen molar-refractivity contribution >= 4 is 16.5 Å². The molecule has 2 rings (SSSR count). The Kier molecular flexibility index (Phi) is 2.40. The van der Waals surface area contributed by atoms with Gasteiger partial charge < -0.3 is 5.73 Å². The predicted molar refractivity (Wildman–Crippen MR) is 56.6 cm³/mol. The minimum absolute atomic E-state index is 0.0134. The molecular weight excluding hydrogens is 218 g/mol. The normalized spacial score (nSPS) is 10.6. The molecule has 1 aromatic heterocycles. The molecule has 0 unspecified atom stereocenters. The van der Waals surface area contributed by atoms with Crippen molar-refractivity contribution in [2.75, 3.05) is 5.73 Å². The average Bonchev–Trinajstić information content (AvgIpc) is 2.61. The summed E-state index contributed by atoms with van der Waals surface area (Å²) in [6, 6.07) is 2.63. The summed E-state index contributed by atoms with van der Waals surface area (Å²) in [6.07, 6.45) is 1.48. The Hall–Kier alpha value is -1.49. The molecule has 5 heteroatoms. The average molecular weight is 226 g/mol. The molecule has 0 aliphatic rings. The first kappa shape index (κ1) is 10.0. The van der Waals surface area contributed by atoms with Gasteiger partial charge in [-0.2, -0.15) is 0 Å². The first-order valence-electron chi connectivity index (χ1n) is 4.26. The maximum absolute atomic E-state index is 13.7. The smallest absolute Gasteiger partial charge is 0.180 e. The lowest BCUT2D eigenvalue weighted by Crippen LogP contribution is -1.91. The van der Waals surface area contributed by atoms with Gasteiger partial charge in [-0.15, -0.1) is 0 Å². The van der Waals surface area contributed by atoms with Gasteiger partial charge in [0.1, 0.15) is 11.6 Å². The molecule has 1 heterocycles. The fourth-order valence-corrected chi connectivity index (χ4v) is 1.97. The van der Waals surface area contributed by atoms with Gasteiger partial charge in [-0.3, -0.25) is 0 Å². The molecule has 0 radical (unpaired) electrons. The summed E-state index contributed by atoms with van der Waals surface area (Å²) in [5.74, 6) is -1.10. The van der Waals surface area contributed by atoms with E-state index in [2.05, 4.69) is 4.98 Å². The highest BCUT2D eigenvalue weighted by molar-refractivity contribution is 7.18. The van der Waals surface area contributed by atoms with E-state index in [9.17, 15) is 8.78 Å². The number of halogens is 2. The van der Waals surface area contributed by atoms with Crippen LogP contribution in [-0.4, -0.2) is 4.98 Å². The quantitative estimate of drug-likeness (QED) is 0.811. The molecule has 0 fully saturated rings. The van der Waals surface area contributed by atoms with Crippen molar-refractivity contribution in [3.63, 3.8) is 0 Å². The number of thiazole rings is 1. The van der Waals surface area contributed by atoms with Gasteiger partial charge in [0.05, 0.1) is 4.88 Å². The van der Waals surface area contributed by atoms with Crippen LogP contribution in [-0.2, 0) is 0 Å². The highest BCUT2D eigenvalue weighted by Crippen LogP contribution is 2.31. The molecule has 0 aliphatic carbocycles. The zero-order chi connectivity index (χ0) is 11.0. The summed E-state index contributed by atoms with van der Waals surface area (Å²) in [7, 11) is 0. The molecule has 0 amide bonds. The standard InChI is InChI=1S/C10H8F2N2S/c1-5-7(11)3-2-6(9(5)12)8-4-14-10(13)15-8/h2-4H,1H3,(H2,13,14). The van der Waals surface area contributed by atoms with Crippen LogP contribution in [0.2, 0.25) is 0 Å². The summed E-state index contributed by atoms with van der Waals surface area (Å²) >= 11 is 1.17. The molecular formula is C10H8F2N2S. The first-order valence-corrected chi connectivity index (χ1v) is 5.07. The fourth-order valence-electron chi connectivity index (χ4n) is 1.26. The van der Waals surface area contributed by atoms with Crippen LogP contribution in [0.1, 0.15) is 5.56 Å². The Morgan fingerprint density at radius 2 is 2.07 bits per heavy atom. The molecule has 2 aromatic rings. The van der Waals surface area contributed by atoms with Crippen LogP contribution in [0.15, 0.2) is 18.3 Å². The minimum atomic E-state index is -0.557. The Morgan fingerprint density at radius 3 is 2.67 bits per heavy atom. The van der Waals surface area contributed by atoms with E-state index in [1.165, 1.54) is 36.6 Å². The molecule has 0 atom stereocenters. The van der Waals surface area contributed by atoms with E-state index in [1.807, 2.05) is 0 Å². The number of benzene rings is 1. The van der Waals surface area contributed by atoms with Crippen molar-refractivity contribution in [3.05, 3.63) is 35.5 Å². The van der Waals surface area contributed by atoms with Crippen LogP contribution >= 0.6 is 11.3 Å². The second-order valence-electron chi connectivity index (χ2n) is 3.10. The molecule has 0 aliphatic heterocycles. The van der Waals surface area contributed by atoms with Gasteiger partial charge in [0.25, 0.3) is 0 Å². The van der Waals surface area contributed by atoms with Crippen LogP contribution in [0.5, 0.6) is 0 Å². The van der Waals surface area contributed by atoms with Crippen molar-refractivity contribution < 1.29 is 8.78 Å². The van der Waals surface area contributed by atoms with Crippen LogP contribution < -0.4 is 5.73 Å². The third-order valence-electron chi connectivity index (χ3n) is 2.11. The summed E-state index contributed by atoms with van der Waals surface area (Å²) < 4.78 is 26.7. The second kappa shape index (κ2) is 3.58. The molecule has 1 aromatic carbocycles. The van der Waals surface area contributed by atoms with Gasteiger partial charge in [-0.05, 0) is 19.1 Å². The van der Waals surface area contributed by atoms with Crippen LogP contribution in [0.4, 0.5) is 13.9 Å². The number of nitrogens with zero attached hydrogens (tertiary/aromatic N) is 1. The van der Waals surface area contributed by atoms with Crippen molar-refractivity contribution in [1.29, 1.82) is 0 Å². The number of nitrogen functional groups attached to an aromatic ring is 1. The van der Waals surface area contributed by atoms with E-state index in [1.54, 1.807) is 0 Å². The SMILES string of the molecule is Cc1c(F)ccc(-c2cnc(N)s2)c1F. The first-order chi connectivity index (χ1) is 7.09. The lowest BCUT2D eigenvalue weighted by atomic mass is 10.1. The molecule has 2 nitrogen and oxygen atoms in total. The minimum Gasteiger partial charge on any atom is -0.375 e. The molecule has 0 saturated heterocycles. The van der Waals surface area contributed by atoms with E-state index in [0.717, 1.165) is 0 Å². The molecule has 2 N–H and O–H groups in total. The summed E-state index contributed by atoms with van der Waals surface area (Å²) in [5, 5.41) is 0.367. The number of hydrogen-bond acceptors (Lipinski definition) is 3. The van der Waals surface area contributed by atoms with Gasteiger partial charge in [0.2, 0.25) is 0 Å². The van der Waals surface area contributed by atoms with Crippen LogP contribution in [0.3, 0.4) is 0 Å². The number of aromatic nitrogens is 1. The maximum atomic E-state index is 13.7. The van der Waals surface area contributed by atoms with Crippen LogP contribution in [0, 0.1) is 18.6 Å². The lowest BCUT2D eigenvalue weighted by molar-refractivity contribution is 0.570. The Balaban J connectivity index is 2.59. The molecule has 78 valence electrons. The lowest BCUT2D eigenvalue weighted by Gasteiger charge is -2.03. The molecule has 0 bridgehead atoms. The van der Waals surface area contributed by atoms with Gasteiger partial charge in [0.15, 0.2) is 5.13 Å². The fraction of sp³-hybridized carbons (Fsp3) is 0.100. The Labute approximate surface area is 89.4 Å². The number of rotatable bonds is 1. The Morgan fingerprint density at radius 1 is 1.33 bits per heavy atom. The topological polar surface area (TPSA) is 38.9 Å². The van der Waals surface area contributed by atoms with Crippen molar-refractivity contribution in [2.24, 2.45) is 0 Å². The predicted octanol–water partition coefficient (Wildman–Crippen LogP) is 2.98.